The van der Waals surface area contributed by atoms with Crippen molar-refractivity contribution in [1.82, 2.24) is 4.72 Å². The predicted octanol–water partition coefficient (Wildman–Crippen LogP) is 2.49. The lowest BCUT2D eigenvalue weighted by Gasteiger charge is -2.13. The molecule has 0 saturated heterocycles. The van der Waals surface area contributed by atoms with Crippen LogP contribution in [0.4, 0.5) is 11.4 Å². The number of amides is 2. The molecule has 0 heterocycles. The van der Waals surface area contributed by atoms with E-state index in [1.807, 2.05) is 32.9 Å². The van der Waals surface area contributed by atoms with E-state index in [1.54, 1.807) is 0 Å². The predicted molar refractivity (Wildman–Crippen MR) is 105 cm³/mol. The summed E-state index contributed by atoms with van der Waals surface area (Å²) in [7, 11) is -3.84. The third-order valence-corrected chi connectivity index (χ3v) is 5.27. The molecule has 7 nitrogen and oxygen atoms in total. The Kier molecular flexibility index (Phi) is 6.35. The van der Waals surface area contributed by atoms with E-state index in [4.69, 9.17) is 0 Å². The van der Waals surface area contributed by atoms with Crippen LogP contribution >= 0.6 is 0 Å². The summed E-state index contributed by atoms with van der Waals surface area (Å²) in [5.74, 6) is -0.703. The molecule has 2 rings (SSSR count). The molecular weight excluding hydrogens is 366 g/mol. The molecule has 0 unspecified atom stereocenters. The fourth-order valence-electron chi connectivity index (χ4n) is 2.73. The zero-order valence-electron chi connectivity index (χ0n) is 15.7. The van der Waals surface area contributed by atoms with E-state index in [-0.39, 0.29) is 17.3 Å². The van der Waals surface area contributed by atoms with E-state index in [2.05, 4.69) is 15.4 Å². The number of carbonyl (C=O) groups excluding carboxylic acids is 2. The second-order valence-corrected chi connectivity index (χ2v) is 8.12. The summed E-state index contributed by atoms with van der Waals surface area (Å²) in [6.45, 7) is 6.72. The molecule has 0 aliphatic carbocycles. The average molecular weight is 389 g/mol. The Morgan fingerprint density at radius 2 is 1.48 bits per heavy atom. The van der Waals surface area contributed by atoms with Gasteiger partial charge < -0.3 is 10.6 Å². The summed E-state index contributed by atoms with van der Waals surface area (Å²) < 4.78 is 26.9. The fraction of sp³-hybridized carbons (Fsp3) is 0.263. The second-order valence-electron chi connectivity index (χ2n) is 6.35. The van der Waals surface area contributed by atoms with E-state index >= 15 is 0 Å². The number of anilines is 2. The van der Waals surface area contributed by atoms with Crippen LogP contribution in [0, 0.1) is 20.8 Å². The lowest BCUT2D eigenvalue weighted by atomic mass is 10.1. The molecule has 0 radical (unpaired) electrons. The van der Waals surface area contributed by atoms with E-state index in [9.17, 15) is 18.0 Å². The van der Waals surface area contributed by atoms with Crippen LogP contribution in [0.25, 0.3) is 0 Å². The van der Waals surface area contributed by atoms with Gasteiger partial charge in [-0.2, -0.15) is 0 Å². The number of hydrogen-bond donors (Lipinski definition) is 3. The van der Waals surface area contributed by atoms with Crippen molar-refractivity contribution < 1.29 is 18.0 Å². The SMILES string of the molecule is CC(=O)Nc1ccc(S(=O)(=O)NCC(=O)Nc2c(C)cc(C)cc2C)cc1. The summed E-state index contributed by atoms with van der Waals surface area (Å²) in [6, 6.07) is 9.58. The molecule has 2 amide bonds. The number of nitrogens with one attached hydrogen (secondary N) is 3. The largest absolute Gasteiger partial charge is 0.326 e. The first-order chi connectivity index (χ1) is 12.6. The molecule has 0 aliphatic rings. The van der Waals surface area contributed by atoms with Crippen LogP contribution in [0.2, 0.25) is 0 Å². The zero-order valence-corrected chi connectivity index (χ0v) is 16.5. The van der Waals surface area contributed by atoms with E-state index < -0.39 is 15.9 Å². The molecule has 3 N–H and O–H groups in total. The Morgan fingerprint density at radius 3 is 2.00 bits per heavy atom. The molecule has 2 aromatic carbocycles. The van der Waals surface area contributed by atoms with Gasteiger partial charge in [-0.1, -0.05) is 17.7 Å². The zero-order chi connectivity index (χ0) is 20.2. The molecule has 2 aromatic rings. The van der Waals surface area contributed by atoms with Crippen LogP contribution < -0.4 is 15.4 Å². The Morgan fingerprint density at radius 1 is 0.926 bits per heavy atom. The number of hydrogen-bond acceptors (Lipinski definition) is 4. The van der Waals surface area contributed by atoms with E-state index in [1.165, 1.54) is 31.2 Å². The van der Waals surface area contributed by atoms with Crippen molar-refractivity contribution in [1.29, 1.82) is 0 Å². The van der Waals surface area contributed by atoms with Gasteiger partial charge in [0.1, 0.15) is 0 Å². The van der Waals surface area contributed by atoms with E-state index in [0.717, 1.165) is 16.7 Å². The molecule has 144 valence electrons. The van der Waals surface area contributed by atoms with Gasteiger partial charge in [0.15, 0.2) is 0 Å². The van der Waals surface area contributed by atoms with Crippen LogP contribution in [0.1, 0.15) is 23.6 Å². The highest BCUT2D eigenvalue weighted by atomic mass is 32.2. The van der Waals surface area contributed by atoms with Gasteiger partial charge in [0.25, 0.3) is 0 Å². The van der Waals surface area contributed by atoms with Crippen LogP contribution in [0.3, 0.4) is 0 Å². The van der Waals surface area contributed by atoms with Gasteiger partial charge in [-0.25, -0.2) is 13.1 Å². The Balaban J connectivity index is 2.02. The highest BCUT2D eigenvalue weighted by molar-refractivity contribution is 7.89. The fourth-order valence-corrected chi connectivity index (χ4v) is 3.71. The van der Waals surface area contributed by atoms with Gasteiger partial charge in [0, 0.05) is 18.3 Å². The minimum atomic E-state index is -3.84. The van der Waals surface area contributed by atoms with Crippen molar-refractivity contribution in [3.05, 3.63) is 53.1 Å². The maximum Gasteiger partial charge on any atom is 0.241 e. The van der Waals surface area contributed by atoms with Gasteiger partial charge in [0.2, 0.25) is 21.8 Å². The highest BCUT2D eigenvalue weighted by Gasteiger charge is 2.16. The van der Waals surface area contributed by atoms with Gasteiger partial charge in [-0.15, -0.1) is 0 Å². The molecule has 0 aliphatic heterocycles. The van der Waals surface area contributed by atoms with Crippen molar-refractivity contribution in [2.45, 2.75) is 32.6 Å². The van der Waals surface area contributed by atoms with Gasteiger partial charge >= 0.3 is 0 Å². The quantitative estimate of drug-likeness (QED) is 0.706. The average Bonchev–Trinajstić information content (AvgIpc) is 2.56. The number of benzene rings is 2. The maximum absolute atomic E-state index is 12.3. The summed E-state index contributed by atoms with van der Waals surface area (Å²) >= 11 is 0. The van der Waals surface area contributed by atoms with Gasteiger partial charge in [0.05, 0.1) is 11.4 Å². The van der Waals surface area contributed by atoms with Crippen molar-refractivity contribution in [3.63, 3.8) is 0 Å². The molecule has 0 spiro atoms. The molecule has 0 aromatic heterocycles. The minimum absolute atomic E-state index is 0.00657. The lowest BCUT2D eigenvalue weighted by Crippen LogP contribution is -2.33. The number of sulfonamides is 1. The van der Waals surface area contributed by atoms with Crippen LogP contribution in [-0.4, -0.2) is 26.8 Å². The van der Waals surface area contributed by atoms with Crippen molar-refractivity contribution >= 4 is 33.2 Å². The van der Waals surface area contributed by atoms with Crippen LogP contribution in [-0.2, 0) is 19.6 Å². The highest BCUT2D eigenvalue weighted by Crippen LogP contribution is 2.21. The molecule has 0 atom stereocenters. The number of rotatable bonds is 6. The monoisotopic (exact) mass is 389 g/mol. The van der Waals surface area contributed by atoms with Crippen molar-refractivity contribution in [3.8, 4) is 0 Å². The molecule has 27 heavy (non-hydrogen) atoms. The van der Waals surface area contributed by atoms with Gasteiger partial charge in [-0.3, -0.25) is 9.59 Å². The Labute approximate surface area is 159 Å². The third kappa shape index (κ3) is 5.63. The molecule has 0 saturated carbocycles. The minimum Gasteiger partial charge on any atom is -0.326 e. The summed E-state index contributed by atoms with van der Waals surface area (Å²) in [5.41, 5.74) is 4.09. The summed E-state index contributed by atoms with van der Waals surface area (Å²) in [6.07, 6.45) is 0. The normalized spacial score (nSPS) is 11.1. The molecule has 8 heteroatoms. The van der Waals surface area contributed by atoms with Crippen LogP contribution in [0.5, 0.6) is 0 Å². The second kappa shape index (κ2) is 8.32. The Hall–Kier alpha value is -2.71. The summed E-state index contributed by atoms with van der Waals surface area (Å²) in [4.78, 5) is 23.2. The lowest BCUT2D eigenvalue weighted by molar-refractivity contribution is -0.115. The van der Waals surface area contributed by atoms with Crippen LogP contribution in [0.15, 0.2) is 41.3 Å². The maximum atomic E-state index is 12.3. The molecule has 0 bridgehead atoms. The first kappa shape index (κ1) is 20.6. The summed E-state index contributed by atoms with van der Waals surface area (Å²) in [5, 5.41) is 5.30. The number of carbonyl (C=O) groups is 2. The van der Waals surface area contributed by atoms with Crippen molar-refractivity contribution in [2.75, 3.05) is 17.2 Å². The standard InChI is InChI=1S/C19H23N3O4S/c1-12-9-13(2)19(14(3)10-12)22-18(24)11-20-27(25,26)17-7-5-16(6-8-17)21-15(4)23/h5-10,20H,11H2,1-4H3,(H,21,23)(H,22,24). The molecular formula is C19H23N3O4S. The topological polar surface area (TPSA) is 104 Å². The van der Waals surface area contributed by atoms with E-state index in [0.29, 0.717) is 11.4 Å². The van der Waals surface area contributed by atoms with Crippen molar-refractivity contribution in [2.24, 2.45) is 0 Å². The number of aryl methyl sites for hydroxylation is 3. The molecule has 0 fully saturated rings. The smallest absolute Gasteiger partial charge is 0.241 e. The van der Waals surface area contributed by atoms with Gasteiger partial charge in [-0.05, 0) is 56.2 Å². The third-order valence-electron chi connectivity index (χ3n) is 3.85. The Bertz CT molecular complexity index is 944. The first-order valence-corrected chi connectivity index (χ1v) is 9.82. The first-order valence-electron chi connectivity index (χ1n) is 8.33.